The monoisotopic (exact) mass is 389 g/mol. The third-order valence-corrected chi connectivity index (χ3v) is 4.02. The molecule has 0 unspecified atom stereocenters. The van der Waals surface area contributed by atoms with Crippen LogP contribution in [0, 0.1) is 0 Å². The zero-order valence-corrected chi connectivity index (χ0v) is 15.5. The number of halogens is 1. The molecule has 2 aromatic carbocycles. The number of ketones is 1. The van der Waals surface area contributed by atoms with Crippen LogP contribution in [0.4, 0.5) is 5.69 Å². The van der Waals surface area contributed by atoms with Crippen molar-refractivity contribution in [2.75, 3.05) is 11.9 Å². The Bertz CT molecular complexity index is 739. The number of benzene rings is 2. The first-order valence-corrected chi connectivity index (χ1v) is 8.49. The lowest BCUT2D eigenvalue weighted by Gasteiger charge is -2.14. The molecule has 0 fully saturated rings. The summed E-state index contributed by atoms with van der Waals surface area (Å²) >= 11 is 3.45. The standard InChI is InChI=1S/C19H20BrNO3/c1-12(2)17-10-15(20)6-9-18(17)24-11-19(23)21-16-7-4-14(5-8-16)13(3)22/h4-10,12H,11H2,1-3H3,(H,21,23). The summed E-state index contributed by atoms with van der Waals surface area (Å²) in [6.07, 6.45) is 0. The van der Waals surface area contributed by atoms with Gasteiger partial charge >= 0.3 is 0 Å². The van der Waals surface area contributed by atoms with Crippen LogP contribution in [0.1, 0.15) is 42.6 Å². The van der Waals surface area contributed by atoms with E-state index >= 15 is 0 Å². The SMILES string of the molecule is CC(=O)c1ccc(NC(=O)COc2ccc(Br)cc2C(C)C)cc1. The Morgan fingerprint density at radius 1 is 1.12 bits per heavy atom. The predicted octanol–water partition coefficient (Wildman–Crippen LogP) is 4.79. The minimum Gasteiger partial charge on any atom is -0.483 e. The molecule has 1 N–H and O–H groups in total. The first-order chi connectivity index (χ1) is 11.4. The fourth-order valence-corrected chi connectivity index (χ4v) is 2.61. The maximum Gasteiger partial charge on any atom is 0.262 e. The molecule has 4 nitrogen and oxygen atoms in total. The van der Waals surface area contributed by atoms with Crippen LogP contribution in [-0.2, 0) is 4.79 Å². The molecule has 0 saturated heterocycles. The first-order valence-electron chi connectivity index (χ1n) is 7.70. The summed E-state index contributed by atoms with van der Waals surface area (Å²) in [4.78, 5) is 23.3. The molecule has 0 aliphatic heterocycles. The van der Waals surface area contributed by atoms with Crippen LogP contribution < -0.4 is 10.1 Å². The molecule has 0 bridgehead atoms. The molecule has 5 heteroatoms. The molecule has 0 atom stereocenters. The van der Waals surface area contributed by atoms with Gasteiger partial charge in [-0.25, -0.2) is 0 Å². The number of Topliss-reactive ketones (excluding diaryl/α,β-unsaturated/α-hetero) is 1. The van der Waals surface area contributed by atoms with Crippen molar-refractivity contribution in [3.63, 3.8) is 0 Å². The van der Waals surface area contributed by atoms with Gasteiger partial charge in [-0.05, 0) is 60.9 Å². The number of carbonyl (C=O) groups excluding carboxylic acids is 2. The van der Waals surface area contributed by atoms with Gasteiger partial charge < -0.3 is 10.1 Å². The van der Waals surface area contributed by atoms with Gasteiger partial charge in [-0.15, -0.1) is 0 Å². The van der Waals surface area contributed by atoms with Crippen molar-refractivity contribution in [1.29, 1.82) is 0 Å². The van der Waals surface area contributed by atoms with E-state index in [2.05, 4.69) is 35.1 Å². The summed E-state index contributed by atoms with van der Waals surface area (Å²) in [7, 11) is 0. The lowest BCUT2D eigenvalue weighted by molar-refractivity contribution is -0.118. The van der Waals surface area contributed by atoms with Crippen molar-refractivity contribution in [3.8, 4) is 5.75 Å². The Kier molecular flexibility index (Phi) is 6.15. The summed E-state index contributed by atoms with van der Waals surface area (Å²) in [6.45, 7) is 5.58. The van der Waals surface area contributed by atoms with Crippen LogP contribution in [0.2, 0.25) is 0 Å². The highest BCUT2D eigenvalue weighted by molar-refractivity contribution is 9.10. The third kappa shape index (κ3) is 4.93. The number of ether oxygens (including phenoxy) is 1. The van der Waals surface area contributed by atoms with Crippen molar-refractivity contribution in [2.45, 2.75) is 26.7 Å². The summed E-state index contributed by atoms with van der Waals surface area (Å²) < 4.78 is 6.64. The Balaban J connectivity index is 1.97. The second-order valence-electron chi connectivity index (χ2n) is 5.81. The zero-order valence-electron chi connectivity index (χ0n) is 13.9. The Labute approximate surface area is 150 Å². The van der Waals surface area contributed by atoms with Crippen LogP contribution >= 0.6 is 15.9 Å². The van der Waals surface area contributed by atoms with Crippen molar-refractivity contribution in [3.05, 3.63) is 58.1 Å². The van der Waals surface area contributed by atoms with Crippen LogP contribution in [0.3, 0.4) is 0 Å². The van der Waals surface area contributed by atoms with Gasteiger partial charge in [0.15, 0.2) is 12.4 Å². The zero-order chi connectivity index (χ0) is 17.7. The van der Waals surface area contributed by atoms with Crippen molar-refractivity contribution >= 4 is 33.3 Å². The Morgan fingerprint density at radius 2 is 1.79 bits per heavy atom. The van der Waals surface area contributed by atoms with E-state index in [9.17, 15) is 9.59 Å². The second-order valence-corrected chi connectivity index (χ2v) is 6.72. The normalized spacial score (nSPS) is 10.5. The van der Waals surface area contributed by atoms with E-state index in [4.69, 9.17) is 4.74 Å². The van der Waals surface area contributed by atoms with Gasteiger partial charge in [-0.2, -0.15) is 0 Å². The van der Waals surface area contributed by atoms with E-state index in [0.29, 0.717) is 22.9 Å². The van der Waals surface area contributed by atoms with Crippen LogP contribution in [0.5, 0.6) is 5.75 Å². The number of hydrogen-bond acceptors (Lipinski definition) is 3. The van der Waals surface area contributed by atoms with E-state index < -0.39 is 0 Å². The smallest absolute Gasteiger partial charge is 0.262 e. The molecular formula is C19H20BrNO3. The quantitative estimate of drug-likeness (QED) is 0.722. The molecule has 24 heavy (non-hydrogen) atoms. The minimum atomic E-state index is -0.247. The third-order valence-electron chi connectivity index (χ3n) is 3.53. The maximum atomic E-state index is 12.0. The number of hydrogen-bond donors (Lipinski definition) is 1. The van der Waals surface area contributed by atoms with Gasteiger partial charge in [0.1, 0.15) is 5.75 Å². The van der Waals surface area contributed by atoms with Crippen molar-refractivity contribution in [2.24, 2.45) is 0 Å². The van der Waals surface area contributed by atoms with E-state index in [1.807, 2.05) is 18.2 Å². The van der Waals surface area contributed by atoms with E-state index in [1.54, 1.807) is 24.3 Å². The number of carbonyl (C=O) groups is 2. The van der Waals surface area contributed by atoms with E-state index in [-0.39, 0.29) is 18.3 Å². The molecule has 0 saturated carbocycles. The Hall–Kier alpha value is -2.14. The summed E-state index contributed by atoms with van der Waals surface area (Å²) in [6, 6.07) is 12.5. The largest absolute Gasteiger partial charge is 0.483 e. The average Bonchev–Trinajstić information content (AvgIpc) is 2.54. The molecule has 0 radical (unpaired) electrons. The van der Waals surface area contributed by atoms with Gasteiger partial charge in [0.05, 0.1) is 0 Å². The highest BCUT2D eigenvalue weighted by Crippen LogP contribution is 2.29. The molecule has 1 amide bonds. The molecule has 2 aromatic rings. The average molecular weight is 390 g/mol. The Morgan fingerprint density at radius 3 is 2.38 bits per heavy atom. The van der Waals surface area contributed by atoms with E-state index in [0.717, 1.165) is 10.0 Å². The topological polar surface area (TPSA) is 55.4 Å². The van der Waals surface area contributed by atoms with Gasteiger partial charge in [0.25, 0.3) is 5.91 Å². The van der Waals surface area contributed by atoms with Crippen molar-refractivity contribution in [1.82, 2.24) is 0 Å². The predicted molar refractivity (Wildman–Crippen MR) is 98.8 cm³/mol. The first kappa shape index (κ1) is 18.2. The van der Waals surface area contributed by atoms with E-state index in [1.165, 1.54) is 6.92 Å². The van der Waals surface area contributed by atoms with Gasteiger partial charge in [-0.3, -0.25) is 9.59 Å². The number of rotatable bonds is 6. The highest BCUT2D eigenvalue weighted by Gasteiger charge is 2.11. The number of amides is 1. The van der Waals surface area contributed by atoms with Crippen LogP contribution in [0.25, 0.3) is 0 Å². The fraction of sp³-hybridized carbons (Fsp3) is 0.263. The molecule has 0 aliphatic carbocycles. The molecule has 2 rings (SSSR count). The van der Waals surface area contributed by atoms with Gasteiger partial charge in [0, 0.05) is 15.7 Å². The minimum absolute atomic E-state index is 0.00679. The van der Waals surface area contributed by atoms with Gasteiger partial charge in [0.2, 0.25) is 0 Å². The molecule has 0 aliphatic rings. The summed E-state index contributed by atoms with van der Waals surface area (Å²) in [5, 5.41) is 2.75. The fourth-order valence-electron chi connectivity index (χ4n) is 2.23. The molecule has 126 valence electrons. The molecule has 0 aromatic heterocycles. The number of anilines is 1. The maximum absolute atomic E-state index is 12.0. The van der Waals surface area contributed by atoms with Crippen LogP contribution in [0.15, 0.2) is 46.9 Å². The molecule has 0 heterocycles. The summed E-state index contributed by atoms with van der Waals surface area (Å²) in [5.41, 5.74) is 2.29. The van der Waals surface area contributed by atoms with Crippen molar-refractivity contribution < 1.29 is 14.3 Å². The van der Waals surface area contributed by atoms with Crippen LogP contribution in [-0.4, -0.2) is 18.3 Å². The van der Waals surface area contributed by atoms with Gasteiger partial charge in [-0.1, -0.05) is 29.8 Å². The highest BCUT2D eigenvalue weighted by atomic mass is 79.9. The lowest BCUT2D eigenvalue weighted by Crippen LogP contribution is -2.20. The number of nitrogens with one attached hydrogen (secondary N) is 1. The molecular weight excluding hydrogens is 370 g/mol. The second kappa shape index (κ2) is 8.11. The molecule has 0 spiro atoms. The lowest BCUT2D eigenvalue weighted by atomic mass is 10.0. The summed E-state index contributed by atoms with van der Waals surface area (Å²) in [5.74, 6) is 0.742.